The Hall–Kier alpha value is -1.63. The second-order valence-electron chi connectivity index (χ2n) is 3.65. The summed E-state index contributed by atoms with van der Waals surface area (Å²) in [7, 11) is 0. The number of furan rings is 1. The maximum atomic E-state index is 10.8. The van der Waals surface area contributed by atoms with Gasteiger partial charge < -0.3 is 9.52 Å². The van der Waals surface area contributed by atoms with Crippen molar-refractivity contribution in [2.75, 3.05) is 0 Å². The van der Waals surface area contributed by atoms with Crippen molar-refractivity contribution in [2.24, 2.45) is 0 Å². The molecule has 0 fully saturated rings. The first kappa shape index (κ1) is 12.4. The quantitative estimate of drug-likeness (QED) is 0.774. The first-order valence-corrected chi connectivity index (χ1v) is 6.50. The predicted molar refractivity (Wildman–Crippen MR) is 72.1 cm³/mol. The first-order valence-electron chi connectivity index (χ1n) is 5.01. The molecule has 0 saturated heterocycles. The third-order valence-electron chi connectivity index (χ3n) is 2.51. The van der Waals surface area contributed by atoms with E-state index in [4.69, 9.17) is 32.7 Å². The monoisotopic (exact) mass is 314 g/mol. The third-order valence-corrected chi connectivity index (χ3v) is 3.62. The first-order chi connectivity index (χ1) is 9.08. The lowest BCUT2D eigenvalue weighted by atomic mass is 10.1. The summed E-state index contributed by atoms with van der Waals surface area (Å²) in [6, 6.07) is 4.41. The van der Waals surface area contributed by atoms with Crippen LogP contribution in [0.5, 0.6) is 0 Å². The number of rotatable bonds is 2. The van der Waals surface area contributed by atoms with E-state index in [2.05, 4.69) is 8.75 Å². The second kappa shape index (κ2) is 4.48. The molecule has 0 radical (unpaired) electrons. The number of hydrogen-bond donors (Lipinski definition) is 1. The van der Waals surface area contributed by atoms with Gasteiger partial charge in [-0.25, -0.2) is 4.79 Å². The van der Waals surface area contributed by atoms with Gasteiger partial charge in [0.1, 0.15) is 16.8 Å². The molecule has 19 heavy (non-hydrogen) atoms. The minimum absolute atomic E-state index is 0.169. The van der Waals surface area contributed by atoms with E-state index >= 15 is 0 Å². The number of benzene rings is 1. The Balaban J connectivity index is 2.29. The minimum atomic E-state index is -1.15. The van der Waals surface area contributed by atoms with Crippen molar-refractivity contribution in [3.63, 3.8) is 0 Å². The number of fused-ring (bicyclic) bond motifs is 1. The van der Waals surface area contributed by atoms with Crippen LogP contribution >= 0.6 is 34.9 Å². The van der Waals surface area contributed by atoms with Gasteiger partial charge in [0.2, 0.25) is 5.76 Å². The molecule has 8 heteroatoms. The fourth-order valence-electron chi connectivity index (χ4n) is 1.70. The van der Waals surface area contributed by atoms with Crippen LogP contribution in [0.3, 0.4) is 0 Å². The average molecular weight is 315 g/mol. The number of halogens is 2. The van der Waals surface area contributed by atoms with Gasteiger partial charge >= 0.3 is 5.97 Å². The fourth-order valence-corrected chi connectivity index (χ4v) is 2.90. The Labute approximate surface area is 120 Å². The summed E-state index contributed by atoms with van der Waals surface area (Å²) in [6.07, 6.45) is 0. The molecule has 0 aliphatic rings. The fraction of sp³-hybridized carbons (Fsp3) is 0. The van der Waals surface area contributed by atoms with Crippen molar-refractivity contribution in [2.45, 2.75) is 0 Å². The zero-order valence-corrected chi connectivity index (χ0v) is 11.4. The van der Waals surface area contributed by atoms with Crippen LogP contribution in [0.2, 0.25) is 10.0 Å². The van der Waals surface area contributed by atoms with Crippen molar-refractivity contribution in [3.05, 3.63) is 34.0 Å². The van der Waals surface area contributed by atoms with E-state index in [1.807, 2.05) is 0 Å². The van der Waals surface area contributed by atoms with Gasteiger partial charge in [-0.05, 0) is 18.2 Å². The van der Waals surface area contributed by atoms with E-state index in [1.165, 1.54) is 18.2 Å². The van der Waals surface area contributed by atoms with Crippen LogP contribution in [0.4, 0.5) is 0 Å². The van der Waals surface area contributed by atoms with Gasteiger partial charge in [-0.1, -0.05) is 23.2 Å². The highest BCUT2D eigenvalue weighted by atomic mass is 35.5. The predicted octanol–water partition coefficient (Wildman–Crippen LogP) is 3.96. The standard InChI is InChI=1S/C11H4Cl2N2O3S/c12-4-3-5(13)9-10(15-19-14-9)8(4)6-1-2-7(18-6)11(16)17/h1-3H,(H,16,17). The molecular weight excluding hydrogens is 311 g/mol. The molecule has 96 valence electrons. The molecule has 2 heterocycles. The van der Waals surface area contributed by atoms with E-state index < -0.39 is 5.97 Å². The molecule has 3 rings (SSSR count). The number of hydrogen-bond acceptors (Lipinski definition) is 5. The maximum Gasteiger partial charge on any atom is 0.371 e. The summed E-state index contributed by atoms with van der Waals surface area (Å²) in [5.41, 5.74) is 1.50. The van der Waals surface area contributed by atoms with Crippen molar-refractivity contribution in [1.29, 1.82) is 0 Å². The van der Waals surface area contributed by atoms with Crippen LogP contribution in [0, 0.1) is 0 Å². The number of nitrogens with zero attached hydrogens (tertiary/aromatic N) is 2. The van der Waals surface area contributed by atoms with Crippen LogP contribution in [0.1, 0.15) is 10.6 Å². The van der Waals surface area contributed by atoms with Gasteiger partial charge in [0, 0.05) is 0 Å². The Kier molecular flexibility index (Phi) is 2.93. The van der Waals surface area contributed by atoms with Crippen molar-refractivity contribution < 1.29 is 14.3 Å². The molecule has 0 spiro atoms. The molecule has 0 bridgehead atoms. The van der Waals surface area contributed by atoms with E-state index in [0.717, 1.165) is 11.7 Å². The Bertz CT molecular complexity index is 796. The van der Waals surface area contributed by atoms with Gasteiger partial charge in [-0.15, -0.1) is 0 Å². The van der Waals surface area contributed by atoms with Gasteiger partial charge in [0.05, 0.1) is 27.3 Å². The lowest BCUT2D eigenvalue weighted by Gasteiger charge is -2.02. The topological polar surface area (TPSA) is 76.2 Å². The molecule has 2 aromatic heterocycles. The van der Waals surface area contributed by atoms with E-state index in [0.29, 0.717) is 32.4 Å². The molecule has 0 aliphatic carbocycles. The molecule has 0 aliphatic heterocycles. The summed E-state index contributed by atoms with van der Waals surface area (Å²) in [5.74, 6) is -1.00. The second-order valence-corrected chi connectivity index (χ2v) is 4.99. The Morgan fingerprint density at radius 3 is 2.63 bits per heavy atom. The molecule has 0 amide bonds. The summed E-state index contributed by atoms with van der Waals surface area (Å²) < 4.78 is 13.4. The molecule has 3 aromatic rings. The van der Waals surface area contributed by atoms with Crippen LogP contribution in [-0.2, 0) is 0 Å². The molecule has 0 unspecified atom stereocenters. The highest BCUT2D eigenvalue weighted by molar-refractivity contribution is 7.00. The zero-order valence-electron chi connectivity index (χ0n) is 9.05. The molecule has 5 nitrogen and oxygen atoms in total. The summed E-state index contributed by atoms with van der Waals surface area (Å²) in [5, 5.41) is 9.58. The van der Waals surface area contributed by atoms with Crippen molar-refractivity contribution >= 4 is 51.9 Å². The molecule has 1 aromatic carbocycles. The molecular formula is C11H4Cl2N2O3S. The van der Waals surface area contributed by atoms with Crippen LogP contribution in [0.25, 0.3) is 22.4 Å². The Morgan fingerprint density at radius 2 is 1.95 bits per heavy atom. The van der Waals surface area contributed by atoms with E-state index in [-0.39, 0.29) is 5.76 Å². The van der Waals surface area contributed by atoms with Crippen LogP contribution in [0.15, 0.2) is 22.6 Å². The summed E-state index contributed by atoms with van der Waals surface area (Å²) >= 11 is 13.1. The van der Waals surface area contributed by atoms with Gasteiger partial charge in [-0.3, -0.25) is 0 Å². The highest BCUT2D eigenvalue weighted by Gasteiger charge is 2.19. The molecule has 0 saturated carbocycles. The third kappa shape index (κ3) is 1.98. The van der Waals surface area contributed by atoms with Gasteiger partial charge in [0.15, 0.2) is 0 Å². The number of carbonyl (C=O) groups is 1. The number of aromatic nitrogens is 2. The van der Waals surface area contributed by atoms with Gasteiger partial charge in [0.25, 0.3) is 0 Å². The highest BCUT2D eigenvalue weighted by Crippen LogP contribution is 2.38. The van der Waals surface area contributed by atoms with Crippen LogP contribution < -0.4 is 0 Å². The molecule has 0 atom stereocenters. The number of carboxylic acids is 1. The lowest BCUT2D eigenvalue weighted by Crippen LogP contribution is -1.91. The van der Waals surface area contributed by atoms with E-state index in [9.17, 15) is 4.79 Å². The maximum absolute atomic E-state index is 10.8. The van der Waals surface area contributed by atoms with Crippen molar-refractivity contribution in [3.8, 4) is 11.3 Å². The summed E-state index contributed by atoms with van der Waals surface area (Å²) in [6.45, 7) is 0. The Morgan fingerprint density at radius 1 is 1.21 bits per heavy atom. The SMILES string of the molecule is O=C(O)c1ccc(-c2c(Cl)cc(Cl)c3nsnc23)o1. The lowest BCUT2D eigenvalue weighted by molar-refractivity contribution is 0.0663. The number of aromatic carboxylic acids is 1. The van der Waals surface area contributed by atoms with Crippen LogP contribution in [-0.4, -0.2) is 19.8 Å². The zero-order chi connectivity index (χ0) is 13.6. The minimum Gasteiger partial charge on any atom is -0.475 e. The smallest absolute Gasteiger partial charge is 0.371 e. The molecule has 1 N–H and O–H groups in total. The largest absolute Gasteiger partial charge is 0.475 e. The van der Waals surface area contributed by atoms with Gasteiger partial charge in [-0.2, -0.15) is 8.75 Å². The average Bonchev–Trinajstić information content (AvgIpc) is 2.97. The van der Waals surface area contributed by atoms with Crippen molar-refractivity contribution in [1.82, 2.24) is 8.75 Å². The van der Waals surface area contributed by atoms with E-state index in [1.54, 1.807) is 0 Å². The number of carboxylic acid groups (broad SMARTS) is 1. The normalized spacial score (nSPS) is 11.1. The summed E-state index contributed by atoms with van der Waals surface area (Å²) in [4.78, 5) is 10.8.